The van der Waals surface area contributed by atoms with Crippen LogP contribution in [0.2, 0.25) is 0 Å². The molecule has 0 saturated carbocycles. The van der Waals surface area contributed by atoms with Crippen LogP contribution in [0, 0.1) is 0 Å². The second-order valence-electron chi connectivity index (χ2n) is 7.14. The average Bonchev–Trinajstić information content (AvgIpc) is 3.39. The fourth-order valence-electron chi connectivity index (χ4n) is 2.55. The highest BCUT2D eigenvalue weighted by Crippen LogP contribution is 2.28. The summed E-state index contributed by atoms with van der Waals surface area (Å²) in [5.41, 5.74) is 5.51. The molecule has 0 aliphatic heterocycles. The molecule has 0 bridgehead atoms. The van der Waals surface area contributed by atoms with E-state index in [1.807, 2.05) is 43.3 Å². The molecule has 0 radical (unpaired) electrons. The van der Waals surface area contributed by atoms with Crippen LogP contribution in [-0.2, 0) is 17.9 Å². The van der Waals surface area contributed by atoms with Gasteiger partial charge in [-0.05, 0) is 24.3 Å². The minimum Gasteiger partial charge on any atom is -0.475 e. The summed E-state index contributed by atoms with van der Waals surface area (Å²) in [4.78, 5) is 29.6. The average molecular weight is 520 g/mol. The number of nitrogens with two attached hydrogens (primary N) is 1. The van der Waals surface area contributed by atoms with E-state index in [0.29, 0.717) is 6.54 Å². The van der Waals surface area contributed by atoms with E-state index in [9.17, 15) is 26.7 Å². The van der Waals surface area contributed by atoms with Gasteiger partial charge in [-0.25, -0.2) is 19.3 Å². The van der Waals surface area contributed by atoms with Gasteiger partial charge in [0.1, 0.15) is 12.1 Å². The van der Waals surface area contributed by atoms with Gasteiger partial charge in [0.15, 0.2) is 0 Å². The predicted molar refractivity (Wildman–Crippen MR) is 119 cm³/mol. The fourth-order valence-corrected chi connectivity index (χ4v) is 3.55. The van der Waals surface area contributed by atoms with Crippen molar-refractivity contribution in [3.63, 3.8) is 0 Å². The normalized spacial score (nSPS) is 11.0. The number of nitrogens with zero attached hydrogens (tertiary/aromatic N) is 5. The van der Waals surface area contributed by atoms with Crippen molar-refractivity contribution in [2.45, 2.75) is 19.3 Å². The number of carboxylic acid groups (broad SMARTS) is 1. The molecule has 9 nitrogen and oxygen atoms in total. The number of thiophene rings is 1. The quantitative estimate of drug-likeness (QED) is 0.460. The van der Waals surface area contributed by atoms with E-state index < -0.39 is 23.9 Å². The van der Waals surface area contributed by atoms with Gasteiger partial charge in [0.2, 0.25) is 0 Å². The van der Waals surface area contributed by atoms with Crippen LogP contribution >= 0.6 is 11.3 Å². The largest absolute Gasteiger partial charge is 0.490 e. The van der Waals surface area contributed by atoms with E-state index in [4.69, 9.17) is 15.6 Å². The fraction of sp³-hybridized carbons (Fsp3) is 0.300. The third-order valence-corrected chi connectivity index (χ3v) is 5.49. The molecule has 0 aliphatic rings. The Labute approximate surface area is 199 Å². The highest BCUT2D eigenvalue weighted by Gasteiger charge is 2.38. The number of rotatable bonds is 7. The van der Waals surface area contributed by atoms with Crippen molar-refractivity contribution in [3.8, 4) is 10.4 Å². The zero-order valence-corrected chi connectivity index (χ0v) is 19.3. The number of hydrogen-bond donors (Lipinski definition) is 2. The summed E-state index contributed by atoms with van der Waals surface area (Å²) in [5, 5.41) is 11.0. The summed E-state index contributed by atoms with van der Waals surface area (Å²) >= 11 is 1.54. The van der Waals surface area contributed by atoms with E-state index in [1.54, 1.807) is 6.20 Å². The first-order valence-corrected chi connectivity index (χ1v) is 10.5. The molecule has 190 valence electrons. The van der Waals surface area contributed by atoms with Crippen LogP contribution in [-0.4, -0.2) is 57.2 Å². The number of aromatic nitrogens is 4. The lowest BCUT2D eigenvalue weighted by molar-refractivity contribution is -0.192. The number of halogens is 5. The van der Waals surface area contributed by atoms with Gasteiger partial charge in [-0.15, -0.1) is 11.3 Å². The van der Waals surface area contributed by atoms with Crippen molar-refractivity contribution in [2.24, 2.45) is 5.73 Å². The Balaban J connectivity index is 0.000000540. The molecule has 0 fully saturated rings. The molecule has 0 amide bonds. The van der Waals surface area contributed by atoms with Gasteiger partial charge in [-0.1, -0.05) is 0 Å². The molecule has 0 spiro atoms. The second-order valence-corrected chi connectivity index (χ2v) is 8.30. The highest BCUT2D eigenvalue weighted by atomic mass is 32.1. The minimum absolute atomic E-state index is 0.306. The van der Waals surface area contributed by atoms with Gasteiger partial charge in [0, 0.05) is 47.7 Å². The Kier molecular flexibility index (Phi) is 9.25. The van der Waals surface area contributed by atoms with Gasteiger partial charge in [0.05, 0.1) is 13.1 Å². The Morgan fingerprint density at radius 3 is 2.34 bits per heavy atom. The molecular formula is C20H21F5N6O3S. The minimum atomic E-state index is -5.08. The summed E-state index contributed by atoms with van der Waals surface area (Å²) in [7, 11) is 3.86. The lowest BCUT2D eigenvalue weighted by atomic mass is 10.2. The van der Waals surface area contributed by atoms with Crippen LogP contribution in [0.5, 0.6) is 0 Å². The molecule has 0 aromatic carbocycles. The van der Waals surface area contributed by atoms with Crippen LogP contribution in [0.1, 0.15) is 4.88 Å². The van der Waals surface area contributed by atoms with Gasteiger partial charge >= 0.3 is 17.8 Å². The summed E-state index contributed by atoms with van der Waals surface area (Å²) in [6.45, 7) is -0.326. The summed E-state index contributed by atoms with van der Waals surface area (Å²) < 4.78 is 59.6. The van der Waals surface area contributed by atoms with E-state index in [0.717, 1.165) is 25.8 Å². The predicted octanol–water partition coefficient (Wildman–Crippen LogP) is 3.03. The summed E-state index contributed by atoms with van der Waals surface area (Å²) in [5.74, 6) is -1.89. The molecular weight excluding hydrogens is 499 g/mol. The molecule has 3 aromatic rings. The summed E-state index contributed by atoms with van der Waals surface area (Å²) in [6, 6.07) is 7.83. The molecule has 35 heavy (non-hydrogen) atoms. The number of aliphatic carboxylic acids is 1. The number of pyridine rings is 1. The van der Waals surface area contributed by atoms with Gasteiger partial charge in [-0.3, -0.25) is 4.57 Å². The van der Waals surface area contributed by atoms with E-state index in [-0.39, 0.29) is 18.7 Å². The SMILES string of the molecule is CN(C)c1ccc(-c2ccc(Cn3cnn(CC(CN)=C(F)F)c3=O)s2)cn1.O=C(O)C(F)(F)F. The number of anilines is 1. The number of alkyl halides is 3. The Bertz CT molecular complexity index is 1230. The van der Waals surface area contributed by atoms with E-state index in [2.05, 4.69) is 10.1 Å². The van der Waals surface area contributed by atoms with Crippen molar-refractivity contribution in [2.75, 3.05) is 25.5 Å². The molecule has 3 N–H and O–H groups in total. The van der Waals surface area contributed by atoms with Crippen LogP contribution in [0.4, 0.5) is 27.8 Å². The first-order valence-electron chi connectivity index (χ1n) is 9.71. The van der Waals surface area contributed by atoms with Crippen molar-refractivity contribution in [1.29, 1.82) is 0 Å². The second kappa shape index (κ2) is 11.7. The highest BCUT2D eigenvalue weighted by molar-refractivity contribution is 7.15. The van der Waals surface area contributed by atoms with Crippen LogP contribution in [0.3, 0.4) is 0 Å². The van der Waals surface area contributed by atoms with Crippen molar-refractivity contribution in [3.05, 3.63) is 63.8 Å². The maximum Gasteiger partial charge on any atom is 0.490 e. The standard InChI is InChI=1S/C18H20F2N6OS.C2HF3O2/c1-24(2)16-6-3-12(8-22-16)15-5-4-14(28-15)10-25-11-23-26(18(25)27)9-13(7-21)17(19)20;3-2(4,5)1(6)7/h3-6,8,11H,7,9-10,21H2,1-2H3;(H,6,7). The third-order valence-electron chi connectivity index (χ3n) is 4.37. The van der Waals surface area contributed by atoms with E-state index >= 15 is 0 Å². The maximum atomic E-state index is 12.7. The van der Waals surface area contributed by atoms with Crippen LogP contribution in [0.15, 0.2) is 53.2 Å². The zero-order chi connectivity index (χ0) is 26.3. The lowest BCUT2D eigenvalue weighted by Crippen LogP contribution is -2.27. The van der Waals surface area contributed by atoms with Crippen molar-refractivity contribution >= 4 is 23.1 Å². The Morgan fingerprint density at radius 1 is 1.20 bits per heavy atom. The maximum absolute atomic E-state index is 12.7. The molecule has 3 rings (SSSR count). The molecule has 0 saturated heterocycles. The van der Waals surface area contributed by atoms with Crippen molar-refractivity contribution < 1.29 is 31.9 Å². The van der Waals surface area contributed by atoms with Crippen LogP contribution < -0.4 is 16.3 Å². The van der Waals surface area contributed by atoms with Crippen LogP contribution in [0.25, 0.3) is 10.4 Å². The topological polar surface area (TPSA) is 119 Å². The van der Waals surface area contributed by atoms with Gasteiger partial charge in [-0.2, -0.15) is 27.1 Å². The number of carboxylic acids is 1. The molecule has 0 aliphatic carbocycles. The lowest BCUT2D eigenvalue weighted by Gasteiger charge is -2.10. The molecule has 3 aromatic heterocycles. The van der Waals surface area contributed by atoms with Gasteiger partial charge < -0.3 is 15.7 Å². The Hall–Kier alpha value is -3.59. The number of carbonyl (C=O) groups is 1. The first-order chi connectivity index (χ1) is 16.3. The third kappa shape index (κ3) is 7.71. The smallest absolute Gasteiger partial charge is 0.475 e. The van der Waals surface area contributed by atoms with E-state index in [1.165, 1.54) is 22.2 Å². The van der Waals surface area contributed by atoms with Crippen molar-refractivity contribution in [1.82, 2.24) is 19.3 Å². The molecule has 0 unspecified atom stereocenters. The molecule has 3 heterocycles. The Morgan fingerprint density at radius 2 is 1.86 bits per heavy atom. The summed E-state index contributed by atoms with van der Waals surface area (Å²) in [6.07, 6.45) is -3.80. The van der Waals surface area contributed by atoms with Gasteiger partial charge in [0.25, 0.3) is 6.08 Å². The number of hydrogen-bond acceptors (Lipinski definition) is 7. The molecule has 0 atom stereocenters. The monoisotopic (exact) mass is 520 g/mol. The molecule has 15 heteroatoms. The zero-order valence-electron chi connectivity index (χ0n) is 18.5. The first kappa shape index (κ1) is 27.7.